The molecule has 0 saturated heterocycles. The van der Waals surface area contributed by atoms with E-state index in [1.165, 1.54) is 37.5 Å². The second kappa shape index (κ2) is 6.11. The van der Waals surface area contributed by atoms with Gasteiger partial charge >= 0.3 is 5.97 Å². The van der Waals surface area contributed by atoms with Gasteiger partial charge in [0.15, 0.2) is 6.10 Å². The van der Waals surface area contributed by atoms with Crippen LogP contribution in [0.1, 0.15) is 55.8 Å². The Morgan fingerprint density at radius 3 is 2.24 bits per heavy atom. The molecule has 4 fully saturated rings. The molecule has 5 rings (SSSR count). The van der Waals surface area contributed by atoms with Gasteiger partial charge in [0, 0.05) is 5.54 Å². The zero-order chi connectivity index (χ0) is 17.6. The van der Waals surface area contributed by atoms with E-state index < -0.39 is 17.9 Å². The topological polar surface area (TPSA) is 55.4 Å². The molecule has 1 N–H and O–H groups in total. The number of nitrogens with one attached hydrogen (secondary N) is 1. The number of hydrogen-bond acceptors (Lipinski definition) is 3. The fourth-order valence-electron chi connectivity index (χ4n) is 5.53. The van der Waals surface area contributed by atoms with Crippen LogP contribution >= 0.6 is 0 Å². The van der Waals surface area contributed by atoms with Gasteiger partial charge in [0.1, 0.15) is 5.82 Å². The van der Waals surface area contributed by atoms with Crippen molar-refractivity contribution in [3.63, 3.8) is 0 Å². The zero-order valence-corrected chi connectivity index (χ0v) is 14.5. The third-order valence-electron chi connectivity index (χ3n) is 6.17. The summed E-state index contributed by atoms with van der Waals surface area (Å²) in [5.74, 6) is 0.465. The van der Waals surface area contributed by atoms with Crippen LogP contribution in [0.2, 0.25) is 0 Å². The van der Waals surface area contributed by atoms with E-state index in [-0.39, 0.29) is 17.0 Å². The number of rotatable bonds is 4. The molecule has 0 aliphatic heterocycles. The first-order chi connectivity index (χ1) is 11.9. The van der Waals surface area contributed by atoms with Gasteiger partial charge in [-0.25, -0.2) is 9.18 Å². The van der Waals surface area contributed by atoms with Gasteiger partial charge < -0.3 is 10.1 Å². The van der Waals surface area contributed by atoms with Crippen molar-refractivity contribution in [3.8, 4) is 0 Å². The minimum atomic E-state index is -0.930. The van der Waals surface area contributed by atoms with Gasteiger partial charge in [-0.05, 0) is 75.3 Å². The number of carbonyl (C=O) groups excluding carboxylic acids is 2. The van der Waals surface area contributed by atoms with E-state index >= 15 is 0 Å². The Hall–Kier alpha value is -1.91. The molecule has 1 amide bonds. The van der Waals surface area contributed by atoms with Crippen LogP contribution in [0.3, 0.4) is 0 Å². The molecular weight excluding hydrogens is 321 g/mol. The first-order valence-electron chi connectivity index (χ1n) is 9.22. The fourth-order valence-corrected chi connectivity index (χ4v) is 5.53. The minimum Gasteiger partial charge on any atom is -0.449 e. The molecule has 4 nitrogen and oxygen atoms in total. The van der Waals surface area contributed by atoms with E-state index in [2.05, 4.69) is 5.32 Å². The highest BCUT2D eigenvalue weighted by atomic mass is 19.1. The lowest BCUT2D eigenvalue weighted by Gasteiger charge is -2.57. The van der Waals surface area contributed by atoms with Crippen LogP contribution in [0.15, 0.2) is 24.3 Å². The Bertz CT molecular complexity index is 667. The van der Waals surface area contributed by atoms with Crippen molar-refractivity contribution in [2.75, 3.05) is 0 Å². The summed E-state index contributed by atoms with van der Waals surface area (Å²) in [5, 5.41) is 3.19. The molecule has 4 saturated carbocycles. The van der Waals surface area contributed by atoms with Crippen molar-refractivity contribution < 1.29 is 18.7 Å². The lowest BCUT2D eigenvalue weighted by Crippen LogP contribution is -2.61. The van der Waals surface area contributed by atoms with Crippen LogP contribution in [0.4, 0.5) is 4.39 Å². The Labute approximate surface area is 147 Å². The number of ether oxygens (including phenoxy) is 1. The summed E-state index contributed by atoms with van der Waals surface area (Å²) in [6.45, 7) is 1.55. The van der Waals surface area contributed by atoms with Crippen molar-refractivity contribution in [1.29, 1.82) is 0 Å². The van der Waals surface area contributed by atoms with E-state index in [4.69, 9.17) is 4.74 Å². The lowest BCUT2D eigenvalue weighted by atomic mass is 9.53. The highest BCUT2D eigenvalue weighted by Gasteiger charge is 2.51. The maximum Gasteiger partial charge on any atom is 0.341 e. The average Bonchev–Trinajstić information content (AvgIpc) is 2.53. The SMILES string of the molecule is C[C@H](OC(=O)c1ccccc1F)C(=O)NC12CC3CC(CC(C3)C1)C2. The number of hydrogen-bond donors (Lipinski definition) is 1. The van der Waals surface area contributed by atoms with Crippen molar-refractivity contribution >= 4 is 11.9 Å². The monoisotopic (exact) mass is 345 g/mol. The standard InChI is InChI=1S/C20H24FNO3/c1-12(25-19(24)16-4-2-3-5-17(16)21)18(23)22-20-9-13-6-14(10-20)8-15(7-13)11-20/h2-5,12-15H,6-11H2,1H3,(H,22,23)/t12-,13?,14?,15?,20?/m0/s1. The Balaban J connectivity index is 1.40. The molecule has 4 aliphatic rings. The summed E-state index contributed by atoms with van der Waals surface area (Å²) in [7, 11) is 0. The fraction of sp³-hybridized carbons (Fsp3) is 0.600. The van der Waals surface area contributed by atoms with Gasteiger partial charge in [-0.2, -0.15) is 0 Å². The van der Waals surface area contributed by atoms with Gasteiger partial charge in [0.2, 0.25) is 0 Å². The maximum atomic E-state index is 13.7. The lowest BCUT2D eigenvalue weighted by molar-refractivity contribution is -0.134. The van der Waals surface area contributed by atoms with Gasteiger partial charge in [0.25, 0.3) is 5.91 Å². The van der Waals surface area contributed by atoms with Crippen LogP contribution in [0.5, 0.6) is 0 Å². The average molecular weight is 345 g/mol. The molecule has 0 heterocycles. The van der Waals surface area contributed by atoms with Crippen LogP contribution in [-0.2, 0) is 9.53 Å². The molecule has 1 atom stereocenters. The molecule has 0 unspecified atom stereocenters. The highest BCUT2D eigenvalue weighted by molar-refractivity contribution is 5.92. The summed E-state index contributed by atoms with van der Waals surface area (Å²) >= 11 is 0. The predicted molar refractivity (Wildman–Crippen MR) is 90.3 cm³/mol. The molecule has 25 heavy (non-hydrogen) atoms. The minimum absolute atomic E-state index is 0.121. The smallest absolute Gasteiger partial charge is 0.341 e. The quantitative estimate of drug-likeness (QED) is 0.851. The molecule has 0 aromatic heterocycles. The zero-order valence-electron chi connectivity index (χ0n) is 14.5. The van der Waals surface area contributed by atoms with Crippen molar-refractivity contribution in [1.82, 2.24) is 5.32 Å². The number of halogens is 1. The van der Waals surface area contributed by atoms with E-state index in [1.807, 2.05) is 0 Å². The molecule has 4 bridgehead atoms. The summed E-state index contributed by atoms with van der Waals surface area (Å²) < 4.78 is 18.9. The van der Waals surface area contributed by atoms with E-state index in [9.17, 15) is 14.0 Å². The number of amides is 1. The third kappa shape index (κ3) is 3.16. The van der Waals surface area contributed by atoms with Crippen LogP contribution in [0, 0.1) is 23.6 Å². The van der Waals surface area contributed by atoms with Crippen molar-refractivity contribution in [2.24, 2.45) is 17.8 Å². The molecule has 1 aromatic rings. The van der Waals surface area contributed by atoms with Crippen molar-refractivity contribution in [2.45, 2.75) is 57.1 Å². The number of benzene rings is 1. The molecule has 0 spiro atoms. The van der Waals surface area contributed by atoms with E-state index in [0.29, 0.717) is 0 Å². The van der Waals surface area contributed by atoms with Crippen LogP contribution in [0.25, 0.3) is 0 Å². The summed E-state index contributed by atoms with van der Waals surface area (Å²) in [6.07, 6.45) is 6.09. The number of carbonyl (C=O) groups is 2. The normalized spacial score (nSPS) is 33.8. The molecule has 4 aliphatic carbocycles. The maximum absolute atomic E-state index is 13.7. The predicted octanol–water partition coefficient (Wildman–Crippen LogP) is 3.46. The van der Waals surface area contributed by atoms with Gasteiger partial charge in [-0.1, -0.05) is 12.1 Å². The Morgan fingerprint density at radius 1 is 1.12 bits per heavy atom. The highest BCUT2D eigenvalue weighted by Crippen LogP contribution is 2.55. The van der Waals surface area contributed by atoms with E-state index in [1.54, 1.807) is 13.0 Å². The van der Waals surface area contributed by atoms with Crippen LogP contribution < -0.4 is 5.32 Å². The van der Waals surface area contributed by atoms with E-state index in [0.717, 1.165) is 37.0 Å². The summed E-state index contributed by atoms with van der Waals surface area (Å²) in [6, 6.07) is 5.65. The second-order valence-electron chi connectivity index (χ2n) is 8.21. The first kappa shape index (κ1) is 16.6. The molecule has 5 heteroatoms. The summed E-state index contributed by atoms with van der Waals surface area (Å²) in [4.78, 5) is 24.7. The Kier molecular flexibility index (Phi) is 4.05. The second-order valence-corrected chi connectivity index (χ2v) is 8.21. The largest absolute Gasteiger partial charge is 0.449 e. The van der Waals surface area contributed by atoms with Crippen molar-refractivity contribution in [3.05, 3.63) is 35.6 Å². The van der Waals surface area contributed by atoms with Gasteiger partial charge in [-0.3, -0.25) is 4.79 Å². The molecule has 134 valence electrons. The summed E-state index contributed by atoms with van der Waals surface area (Å²) in [5.41, 5.74) is -0.262. The Morgan fingerprint density at radius 2 is 1.68 bits per heavy atom. The first-order valence-corrected chi connectivity index (χ1v) is 9.22. The van der Waals surface area contributed by atoms with Gasteiger partial charge in [0.05, 0.1) is 5.56 Å². The third-order valence-corrected chi connectivity index (χ3v) is 6.17. The van der Waals surface area contributed by atoms with Gasteiger partial charge in [-0.15, -0.1) is 0 Å². The molecular formula is C20H24FNO3. The van der Waals surface area contributed by atoms with Crippen LogP contribution in [-0.4, -0.2) is 23.5 Å². The molecule has 0 radical (unpaired) electrons. The molecule has 1 aromatic carbocycles. The number of esters is 1.